The first-order valence-electron chi connectivity index (χ1n) is 7.12. The van der Waals surface area contributed by atoms with Crippen LogP contribution in [0.2, 0.25) is 0 Å². The molecule has 1 aromatic carbocycles. The molecule has 0 fully saturated rings. The number of H-pyrrole nitrogens is 1. The van der Waals surface area contributed by atoms with Gasteiger partial charge in [0, 0.05) is 36.6 Å². The number of benzene rings is 1. The summed E-state index contributed by atoms with van der Waals surface area (Å²) in [5, 5.41) is 0. The molecule has 0 unspecified atom stereocenters. The third-order valence-corrected chi connectivity index (χ3v) is 3.86. The highest BCUT2D eigenvalue weighted by Crippen LogP contribution is 2.29. The topological polar surface area (TPSA) is 49.0 Å². The lowest BCUT2D eigenvalue weighted by molar-refractivity contribution is 0.744. The number of fused-ring (bicyclic) bond motifs is 1. The van der Waals surface area contributed by atoms with Crippen molar-refractivity contribution in [3.63, 3.8) is 0 Å². The molecule has 2 aromatic rings. The average molecular weight is 269 g/mol. The Labute approximate surface area is 118 Å². The predicted molar refractivity (Wildman–Crippen MR) is 81.3 cm³/mol. The molecule has 104 valence electrons. The van der Waals surface area contributed by atoms with Crippen molar-refractivity contribution in [2.45, 2.75) is 26.2 Å². The van der Waals surface area contributed by atoms with Crippen molar-refractivity contribution >= 4 is 5.69 Å². The molecule has 0 bridgehead atoms. The van der Waals surface area contributed by atoms with Crippen molar-refractivity contribution in [3.8, 4) is 11.4 Å². The van der Waals surface area contributed by atoms with Crippen LogP contribution in [0.15, 0.2) is 29.1 Å². The van der Waals surface area contributed by atoms with Gasteiger partial charge in [-0.05, 0) is 43.0 Å². The van der Waals surface area contributed by atoms with Gasteiger partial charge in [0.1, 0.15) is 5.82 Å². The van der Waals surface area contributed by atoms with E-state index >= 15 is 0 Å². The number of aryl methyl sites for hydroxylation is 2. The lowest BCUT2D eigenvalue weighted by Gasteiger charge is -2.27. The fraction of sp³-hybridized carbons (Fsp3) is 0.375. The van der Waals surface area contributed by atoms with Crippen molar-refractivity contribution in [1.82, 2.24) is 9.97 Å². The molecule has 1 aromatic heterocycles. The van der Waals surface area contributed by atoms with Crippen molar-refractivity contribution in [3.05, 3.63) is 45.9 Å². The number of hydrogen-bond acceptors (Lipinski definition) is 3. The van der Waals surface area contributed by atoms with Gasteiger partial charge in [0.2, 0.25) is 0 Å². The SMILES string of the molecule is CCc1cc(=O)[nH]c(-c2ccc3c(c2)CCCN3C)n1. The second-order valence-corrected chi connectivity index (χ2v) is 5.31. The Kier molecular flexibility index (Phi) is 3.30. The summed E-state index contributed by atoms with van der Waals surface area (Å²) in [6.07, 6.45) is 3.03. The molecule has 0 saturated heterocycles. The minimum absolute atomic E-state index is 0.0818. The highest BCUT2D eigenvalue weighted by molar-refractivity contribution is 5.65. The van der Waals surface area contributed by atoms with Gasteiger partial charge < -0.3 is 9.88 Å². The summed E-state index contributed by atoms with van der Waals surface area (Å²) in [6.45, 7) is 3.11. The van der Waals surface area contributed by atoms with Gasteiger partial charge in [-0.3, -0.25) is 4.79 Å². The normalized spacial score (nSPS) is 14.2. The molecule has 2 heterocycles. The minimum Gasteiger partial charge on any atom is -0.374 e. The summed E-state index contributed by atoms with van der Waals surface area (Å²) >= 11 is 0. The summed E-state index contributed by atoms with van der Waals surface area (Å²) in [6, 6.07) is 7.89. The summed E-state index contributed by atoms with van der Waals surface area (Å²) < 4.78 is 0. The molecule has 1 aliphatic rings. The Morgan fingerprint density at radius 2 is 2.20 bits per heavy atom. The number of nitrogens with one attached hydrogen (secondary N) is 1. The number of aromatic amines is 1. The fourth-order valence-corrected chi connectivity index (χ4v) is 2.76. The van der Waals surface area contributed by atoms with Crippen molar-refractivity contribution in [1.29, 1.82) is 0 Å². The fourth-order valence-electron chi connectivity index (χ4n) is 2.76. The van der Waals surface area contributed by atoms with Crippen LogP contribution in [0.1, 0.15) is 24.6 Å². The van der Waals surface area contributed by atoms with E-state index in [9.17, 15) is 4.79 Å². The molecule has 0 spiro atoms. The van der Waals surface area contributed by atoms with Crippen LogP contribution < -0.4 is 10.5 Å². The summed E-state index contributed by atoms with van der Waals surface area (Å²) in [4.78, 5) is 21.3. The van der Waals surface area contributed by atoms with Crippen LogP contribution in [0, 0.1) is 0 Å². The van der Waals surface area contributed by atoms with Crippen LogP contribution in [-0.2, 0) is 12.8 Å². The van der Waals surface area contributed by atoms with Gasteiger partial charge >= 0.3 is 0 Å². The highest BCUT2D eigenvalue weighted by Gasteiger charge is 2.14. The largest absolute Gasteiger partial charge is 0.374 e. The number of hydrogen-bond donors (Lipinski definition) is 1. The average Bonchev–Trinajstić information content (AvgIpc) is 2.46. The molecule has 1 aliphatic heterocycles. The maximum atomic E-state index is 11.7. The first-order chi connectivity index (χ1) is 9.67. The minimum atomic E-state index is -0.0818. The molecule has 0 aliphatic carbocycles. The zero-order chi connectivity index (χ0) is 14.1. The predicted octanol–water partition coefficient (Wildman–Crippen LogP) is 2.38. The van der Waals surface area contributed by atoms with E-state index in [2.05, 4.69) is 34.0 Å². The van der Waals surface area contributed by atoms with Crippen LogP contribution in [0.3, 0.4) is 0 Å². The Bertz CT molecular complexity index is 690. The number of aromatic nitrogens is 2. The van der Waals surface area contributed by atoms with Gasteiger partial charge in [0.25, 0.3) is 5.56 Å². The summed E-state index contributed by atoms with van der Waals surface area (Å²) in [7, 11) is 2.12. The summed E-state index contributed by atoms with van der Waals surface area (Å²) in [5.74, 6) is 0.672. The van der Waals surface area contributed by atoms with E-state index in [1.165, 1.54) is 17.7 Å². The molecule has 4 nitrogen and oxygen atoms in total. The van der Waals surface area contributed by atoms with Crippen LogP contribution in [-0.4, -0.2) is 23.6 Å². The molecular formula is C16H19N3O. The Morgan fingerprint density at radius 3 is 3.00 bits per heavy atom. The van der Waals surface area contributed by atoms with Gasteiger partial charge in [-0.15, -0.1) is 0 Å². The van der Waals surface area contributed by atoms with E-state index in [1.807, 2.05) is 13.0 Å². The van der Waals surface area contributed by atoms with Gasteiger partial charge in [-0.2, -0.15) is 0 Å². The van der Waals surface area contributed by atoms with Gasteiger partial charge in [-0.1, -0.05) is 6.92 Å². The highest BCUT2D eigenvalue weighted by atomic mass is 16.1. The molecule has 4 heteroatoms. The van der Waals surface area contributed by atoms with Crippen LogP contribution >= 0.6 is 0 Å². The lowest BCUT2D eigenvalue weighted by atomic mass is 9.99. The molecule has 1 N–H and O–H groups in total. The van der Waals surface area contributed by atoms with E-state index in [0.29, 0.717) is 5.82 Å². The number of anilines is 1. The molecular weight excluding hydrogens is 250 g/mol. The molecule has 3 rings (SSSR count). The zero-order valence-electron chi connectivity index (χ0n) is 11.9. The van der Waals surface area contributed by atoms with E-state index in [1.54, 1.807) is 6.07 Å². The standard InChI is InChI=1S/C16H19N3O/c1-3-13-10-15(20)18-16(17-13)12-6-7-14-11(9-12)5-4-8-19(14)2/h6-7,9-10H,3-5,8H2,1-2H3,(H,17,18,20). The van der Waals surface area contributed by atoms with E-state index < -0.39 is 0 Å². The van der Waals surface area contributed by atoms with Crippen molar-refractivity contribution in [2.24, 2.45) is 0 Å². The Morgan fingerprint density at radius 1 is 1.35 bits per heavy atom. The molecule has 0 atom stereocenters. The van der Waals surface area contributed by atoms with Crippen LogP contribution in [0.5, 0.6) is 0 Å². The van der Waals surface area contributed by atoms with Gasteiger partial charge in [0.05, 0.1) is 0 Å². The van der Waals surface area contributed by atoms with Gasteiger partial charge in [-0.25, -0.2) is 4.98 Å². The smallest absolute Gasteiger partial charge is 0.251 e. The number of rotatable bonds is 2. The van der Waals surface area contributed by atoms with Gasteiger partial charge in [0.15, 0.2) is 0 Å². The Hall–Kier alpha value is -2.10. The first kappa shape index (κ1) is 12.9. The van der Waals surface area contributed by atoms with E-state index in [4.69, 9.17) is 0 Å². The summed E-state index contributed by atoms with van der Waals surface area (Å²) in [5.41, 5.74) is 4.36. The molecule has 0 saturated carbocycles. The van der Waals surface area contributed by atoms with Crippen molar-refractivity contribution < 1.29 is 0 Å². The van der Waals surface area contributed by atoms with E-state index in [0.717, 1.165) is 30.6 Å². The zero-order valence-corrected chi connectivity index (χ0v) is 11.9. The molecule has 0 radical (unpaired) electrons. The lowest BCUT2D eigenvalue weighted by Crippen LogP contribution is -2.24. The number of nitrogens with zero attached hydrogens (tertiary/aromatic N) is 2. The quantitative estimate of drug-likeness (QED) is 0.910. The van der Waals surface area contributed by atoms with Crippen molar-refractivity contribution in [2.75, 3.05) is 18.5 Å². The maximum absolute atomic E-state index is 11.7. The van der Waals surface area contributed by atoms with Crippen LogP contribution in [0.4, 0.5) is 5.69 Å². The third kappa shape index (κ3) is 2.33. The monoisotopic (exact) mass is 269 g/mol. The van der Waals surface area contributed by atoms with Crippen LogP contribution in [0.25, 0.3) is 11.4 Å². The molecule has 0 amide bonds. The maximum Gasteiger partial charge on any atom is 0.251 e. The second kappa shape index (κ2) is 5.12. The first-order valence-corrected chi connectivity index (χ1v) is 7.12. The molecule has 20 heavy (non-hydrogen) atoms. The Balaban J connectivity index is 2.07. The third-order valence-electron chi connectivity index (χ3n) is 3.86. The second-order valence-electron chi connectivity index (χ2n) is 5.31. The van der Waals surface area contributed by atoms with E-state index in [-0.39, 0.29) is 5.56 Å².